The Balaban J connectivity index is 1.90. The maximum absolute atomic E-state index is 14.2. The quantitative estimate of drug-likeness (QED) is 0.449. The van der Waals surface area contributed by atoms with Crippen LogP contribution in [0.3, 0.4) is 0 Å². The van der Waals surface area contributed by atoms with Crippen LogP contribution in [-0.4, -0.2) is 26.8 Å². The number of nitrogens with zero attached hydrogens (tertiary/aromatic N) is 2. The molecular weight excluding hydrogens is 441 g/mol. The Morgan fingerprint density at radius 1 is 1.28 bits per heavy atom. The number of pyridine rings is 2. The van der Waals surface area contributed by atoms with Gasteiger partial charge in [-0.1, -0.05) is 18.5 Å². The second kappa shape index (κ2) is 6.99. The van der Waals surface area contributed by atoms with Crippen LogP contribution in [0.4, 0.5) is 4.39 Å². The predicted octanol–water partition coefficient (Wildman–Crippen LogP) is 1.60. The van der Waals surface area contributed by atoms with Crippen molar-refractivity contribution in [2.75, 3.05) is 6.54 Å². The molecule has 0 fully saturated rings. The lowest BCUT2D eigenvalue weighted by molar-refractivity contribution is -0.172. The van der Waals surface area contributed by atoms with Crippen molar-refractivity contribution < 1.29 is 19.0 Å². The summed E-state index contributed by atoms with van der Waals surface area (Å²) in [6.07, 6.45) is -0.00653. The van der Waals surface area contributed by atoms with Gasteiger partial charge in [-0.2, -0.15) is 0 Å². The van der Waals surface area contributed by atoms with E-state index in [0.717, 1.165) is 6.07 Å². The van der Waals surface area contributed by atoms with Gasteiger partial charge in [-0.15, -0.1) is 0 Å². The summed E-state index contributed by atoms with van der Waals surface area (Å²) in [6, 6.07) is 3.95. The van der Waals surface area contributed by atoms with E-state index >= 15 is 0 Å². The Morgan fingerprint density at radius 2 is 2.03 bits per heavy atom. The van der Waals surface area contributed by atoms with Crippen LogP contribution in [0.1, 0.15) is 30.2 Å². The molecule has 3 aromatic rings. The number of carbonyl (C=O) groups excluding carboxylic acids is 1. The Kier molecular flexibility index (Phi) is 4.56. The maximum Gasteiger partial charge on any atom is 0.343 e. The number of aromatic nitrogens is 2. The molecule has 10 heteroatoms. The molecule has 8 nitrogen and oxygen atoms in total. The molecule has 0 saturated carbocycles. The summed E-state index contributed by atoms with van der Waals surface area (Å²) >= 11 is 5.97. The zero-order valence-corrected chi connectivity index (χ0v) is 17.8. The van der Waals surface area contributed by atoms with Crippen LogP contribution >= 0.6 is 11.6 Å². The predicted molar refractivity (Wildman–Crippen MR) is 115 cm³/mol. The van der Waals surface area contributed by atoms with Crippen LogP contribution in [0.5, 0.6) is 0 Å². The molecule has 4 heterocycles. The highest BCUT2D eigenvalue weighted by Gasteiger charge is 2.45. The number of aliphatic hydroxyl groups is 1. The van der Waals surface area contributed by atoms with Crippen molar-refractivity contribution >= 4 is 28.5 Å². The number of carbonyl (C=O) groups is 1. The number of fused-ring (bicyclic) bond motifs is 5. The molecule has 0 radical (unpaired) electrons. The zero-order valence-electron chi connectivity index (χ0n) is 17.1. The van der Waals surface area contributed by atoms with Crippen LogP contribution in [0.2, 0.25) is 5.02 Å². The SMILES string of the molecule is CC[C@@]1(O)C(=O)OCc2c1cc1n(c2=O)Cc2c-1c(=O)c1cc(F)c(Cl)cc1n2CCN. The number of ether oxygens (including phenoxy) is 1. The van der Waals surface area contributed by atoms with Crippen molar-refractivity contribution in [3.8, 4) is 11.3 Å². The number of benzene rings is 1. The van der Waals surface area contributed by atoms with E-state index in [0.29, 0.717) is 17.8 Å². The van der Waals surface area contributed by atoms with Gasteiger partial charge in [-0.05, 0) is 24.6 Å². The Hall–Kier alpha value is -3.01. The molecule has 0 spiro atoms. The molecule has 32 heavy (non-hydrogen) atoms. The molecule has 0 aliphatic carbocycles. The van der Waals surface area contributed by atoms with Crippen molar-refractivity contribution in [1.82, 2.24) is 9.13 Å². The number of nitrogens with two attached hydrogens (primary N) is 1. The lowest BCUT2D eigenvalue weighted by atomic mass is 9.86. The van der Waals surface area contributed by atoms with Gasteiger partial charge in [0.2, 0.25) is 0 Å². The van der Waals surface area contributed by atoms with Crippen molar-refractivity contribution in [3.63, 3.8) is 0 Å². The number of hydrogen-bond donors (Lipinski definition) is 2. The third-order valence-corrected chi connectivity index (χ3v) is 6.66. The molecule has 2 aliphatic rings. The number of cyclic esters (lactones) is 1. The second-order valence-electron chi connectivity index (χ2n) is 7.98. The van der Waals surface area contributed by atoms with Crippen molar-refractivity contribution in [2.45, 2.75) is 38.6 Å². The van der Waals surface area contributed by atoms with Crippen LogP contribution in [-0.2, 0) is 34.8 Å². The molecule has 166 valence electrons. The van der Waals surface area contributed by atoms with Crippen molar-refractivity contribution in [3.05, 3.63) is 66.4 Å². The molecule has 1 aromatic carbocycles. The number of hydrogen-bond acceptors (Lipinski definition) is 6. The minimum Gasteiger partial charge on any atom is -0.458 e. The highest BCUT2D eigenvalue weighted by atomic mass is 35.5. The standard InChI is InChI=1S/C22H19ClFN3O5/c1-2-22(31)12-6-16-18-17(8-27(16)20(29)11(12)9-32-21(22)30)26(4-3-25)15-7-13(23)14(24)5-10(15)19(18)28/h5-7,31H,2-4,8-9,25H2,1H3/t22-/m0/s1. The van der Waals surface area contributed by atoms with E-state index in [1.807, 2.05) is 0 Å². The van der Waals surface area contributed by atoms with E-state index in [2.05, 4.69) is 0 Å². The maximum atomic E-state index is 14.2. The molecule has 2 aliphatic heterocycles. The van der Waals surface area contributed by atoms with E-state index in [4.69, 9.17) is 22.1 Å². The summed E-state index contributed by atoms with van der Waals surface area (Å²) in [4.78, 5) is 39.1. The van der Waals surface area contributed by atoms with Crippen molar-refractivity contribution in [1.29, 1.82) is 0 Å². The summed E-state index contributed by atoms with van der Waals surface area (Å²) in [5, 5.41) is 10.9. The van der Waals surface area contributed by atoms with E-state index in [9.17, 15) is 23.9 Å². The molecule has 0 saturated heterocycles. The lowest BCUT2D eigenvalue weighted by Crippen LogP contribution is -2.44. The summed E-state index contributed by atoms with van der Waals surface area (Å²) in [7, 11) is 0. The average Bonchev–Trinajstić information content (AvgIpc) is 3.16. The first-order valence-electron chi connectivity index (χ1n) is 10.1. The first-order chi connectivity index (χ1) is 15.2. The van der Waals surface area contributed by atoms with Gasteiger partial charge in [0.15, 0.2) is 11.0 Å². The first kappa shape index (κ1) is 20.9. The fourth-order valence-corrected chi connectivity index (χ4v) is 4.87. The van der Waals surface area contributed by atoms with Gasteiger partial charge >= 0.3 is 5.97 Å². The highest BCUT2D eigenvalue weighted by molar-refractivity contribution is 6.31. The van der Waals surface area contributed by atoms with Gasteiger partial charge < -0.3 is 24.7 Å². The van der Waals surface area contributed by atoms with E-state index in [1.54, 1.807) is 11.5 Å². The number of rotatable bonds is 3. The summed E-state index contributed by atoms with van der Waals surface area (Å²) < 4.78 is 22.5. The molecule has 5 rings (SSSR count). The van der Waals surface area contributed by atoms with Gasteiger partial charge in [0.25, 0.3) is 5.56 Å². The topological polar surface area (TPSA) is 117 Å². The molecule has 0 amide bonds. The molecule has 3 N–H and O–H groups in total. The third-order valence-electron chi connectivity index (χ3n) is 6.38. The van der Waals surface area contributed by atoms with Crippen molar-refractivity contribution in [2.24, 2.45) is 5.73 Å². The molecule has 0 unspecified atom stereocenters. The van der Waals surface area contributed by atoms with Gasteiger partial charge in [-0.25, -0.2) is 9.18 Å². The lowest BCUT2D eigenvalue weighted by Gasteiger charge is -2.31. The monoisotopic (exact) mass is 459 g/mol. The van der Waals surface area contributed by atoms with Crippen LogP contribution < -0.4 is 16.7 Å². The van der Waals surface area contributed by atoms with E-state index in [1.165, 1.54) is 16.7 Å². The largest absolute Gasteiger partial charge is 0.458 e. The molecule has 1 atom stereocenters. The molecule has 0 bridgehead atoms. The summed E-state index contributed by atoms with van der Waals surface area (Å²) in [5.74, 6) is -1.58. The minimum absolute atomic E-state index is 0.00653. The zero-order chi connectivity index (χ0) is 22.9. The minimum atomic E-state index is -1.99. The van der Waals surface area contributed by atoms with Gasteiger partial charge in [0.1, 0.15) is 12.4 Å². The molecular formula is C22H19ClFN3O5. The normalized spacial score (nSPS) is 19.0. The summed E-state index contributed by atoms with van der Waals surface area (Å²) in [5.41, 5.74) is 4.60. The average molecular weight is 460 g/mol. The number of halogens is 2. The molecule has 2 aromatic heterocycles. The Labute approximate surface area is 185 Å². The fraction of sp³-hybridized carbons (Fsp3) is 0.318. The second-order valence-corrected chi connectivity index (χ2v) is 8.38. The fourth-order valence-electron chi connectivity index (χ4n) is 4.71. The van der Waals surface area contributed by atoms with Crippen LogP contribution in [0.15, 0.2) is 27.8 Å². The Morgan fingerprint density at radius 3 is 2.72 bits per heavy atom. The first-order valence-corrected chi connectivity index (χ1v) is 10.5. The summed E-state index contributed by atoms with van der Waals surface area (Å²) in [6.45, 7) is 1.96. The highest BCUT2D eigenvalue weighted by Crippen LogP contribution is 2.38. The van der Waals surface area contributed by atoms with E-state index < -0.39 is 28.4 Å². The van der Waals surface area contributed by atoms with Crippen LogP contribution in [0.25, 0.3) is 22.2 Å². The number of esters is 1. The van der Waals surface area contributed by atoms with E-state index in [-0.39, 0.29) is 58.9 Å². The van der Waals surface area contributed by atoms with Crippen LogP contribution in [0, 0.1) is 5.82 Å². The Bertz CT molecular complexity index is 1460. The van der Waals surface area contributed by atoms with Gasteiger partial charge in [0, 0.05) is 24.0 Å². The smallest absolute Gasteiger partial charge is 0.343 e. The van der Waals surface area contributed by atoms with Gasteiger partial charge in [0.05, 0.1) is 39.6 Å². The van der Waals surface area contributed by atoms with Gasteiger partial charge in [-0.3, -0.25) is 9.59 Å². The third kappa shape index (κ3) is 2.58.